The lowest BCUT2D eigenvalue weighted by Crippen LogP contribution is -2.39. The molecule has 1 fully saturated rings. The van der Waals surface area contributed by atoms with Gasteiger partial charge in [-0.2, -0.15) is 0 Å². The molecule has 4 heteroatoms. The summed E-state index contributed by atoms with van der Waals surface area (Å²) in [5.41, 5.74) is 1.44. The third kappa shape index (κ3) is 4.03. The fraction of sp³-hybridized carbons (Fsp3) is 0.533. The van der Waals surface area contributed by atoms with E-state index in [-0.39, 0.29) is 11.7 Å². The van der Waals surface area contributed by atoms with Crippen LogP contribution in [0, 0.1) is 18.7 Å². The van der Waals surface area contributed by atoms with E-state index in [9.17, 15) is 9.18 Å². The Morgan fingerprint density at radius 3 is 3.05 bits per heavy atom. The Morgan fingerprint density at radius 1 is 1.53 bits per heavy atom. The normalized spacial score (nSPS) is 20.3. The average Bonchev–Trinajstić information content (AvgIpc) is 2.34. The predicted octanol–water partition coefficient (Wildman–Crippen LogP) is 2.80. The number of benzene rings is 1. The summed E-state index contributed by atoms with van der Waals surface area (Å²) in [6.07, 6.45) is 2.38. The van der Waals surface area contributed by atoms with Crippen LogP contribution >= 0.6 is 0 Å². The van der Waals surface area contributed by atoms with Gasteiger partial charge in [0.15, 0.2) is 0 Å². The second-order valence-corrected chi connectivity index (χ2v) is 5.49. The van der Waals surface area contributed by atoms with Crippen LogP contribution in [-0.4, -0.2) is 30.4 Å². The van der Waals surface area contributed by atoms with Crippen molar-refractivity contribution in [2.24, 2.45) is 5.92 Å². The molecule has 104 valence electrons. The van der Waals surface area contributed by atoms with E-state index in [4.69, 9.17) is 0 Å². The van der Waals surface area contributed by atoms with Gasteiger partial charge in [-0.05, 0) is 49.9 Å². The lowest BCUT2D eigenvalue weighted by molar-refractivity contribution is -0.117. The smallest absolute Gasteiger partial charge is 0.238 e. The zero-order valence-electron chi connectivity index (χ0n) is 11.6. The van der Waals surface area contributed by atoms with Crippen LogP contribution in [0.4, 0.5) is 10.1 Å². The fourth-order valence-electron chi connectivity index (χ4n) is 2.55. The lowest BCUT2D eigenvalue weighted by Gasteiger charge is -2.30. The van der Waals surface area contributed by atoms with E-state index in [1.54, 1.807) is 6.07 Å². The molecule has 0 spiro atoms. The van der Waals surface area contributed by atoms with E-state index in [1.165, 1.54) is 18.6 Å². The first-order chi connectivity index (χ1) is 9.04. The van der Waals surface area contributed by atoms with Gasteiger partial charge >= 0.3 is 0 Å². The lowest BCUT2D eigenvalue weighted by atomic mass is 10.0. The highest BCUT2D eigenvalue weighted by Gasteiger charge is 2.18. The minimum Gasteiger partial charge on any atom is -0.325 e. The van der Waals surface area contributed by atoms with Gasteiger partial charge in [0.05, 0.1) is 6.54 Å². The largest absolute Gasteiger partial charge is 0.325 e. The number of carbonyl (C=O) groups excluding carboxylic acids is 1. The predicted molar refractivity (Wildman–Crippen MR) is 74.6 cm³/mol. The molecular formula is C15H21FN2O. The van der Waals surface area contributed by atoms with Gasteiger partial charge < -0.3 is 5.32 Å². The number of hydrogen-bond donors (Lipinski definition) is 1. The van der Waals surface area contributed by atoms with Gasteiger partial charge in [0, 0.05) is 12.2 Å². The topological polar surface area (TPSA) is 32.3 Å². The minimum absolute atomic E-state index is 0.0669. The monoisotopic (exact) mass is 264 g/mol. The van der Waals surface area contributed by atoms with Crippen molar-refractivity contribution < 1.29 is 9.18 Å². The Hall–Kier alpha value is -1.42. The van der Waals surface area contributed by atoms with E-state index < -0.39 is 0 Å². The molecule has 0 radical (unpaired) electrons. The first kappa shape index (κ1) is 14.0. The van der Waals surface area contributed by atoms with Crippen LogP contribution < -0.4 is 5.32 Å². The van der Waals surface area contributed by atoms with Gasteiger partial charge in [0.1, 0.15) is 5.82 Å². The van der Waals surface area contributed by atoms with E-state index in [0.717, 1.165) is 25.1 Å². The molecule has 1 aromatic rings. The van der Waals surface area contributed by atoms with Gasteiger partial charge in [-0.3, -0.25) is 9.69 Å². The maximum absolute atomic E-state index is 13.1. The van der Waals surface area contributed by atoms with Crippen molar-refractivity contribution in [2.75, 3.05) is 25.0 Å². The van der Waals surface area contributed by atoms with Crippen molar-refractivity contribution in [3.8, 4) is 0 Å². The highest BCUT2D eigenvalue weighted by Crippen LogP contribution is 2.17. The molecule has 1 amide bonds. The maximum Gasteiger partial charge on any atom is 0.238 e. The molecule has 0 saturated carbocycles. The Balaban J connectivity index is 1.92. The average molecular weight is 264 g/mol. The minimum atomic E-state index is -0.326. The first-order valence-corrected chi connectivity index (χ1v) is 6.83. The summed E-state index contributed by atoms with van der Waals surface area (Å²) in [4.78, 5) is 14.1. The Labute approximate surface area is 113 Å². The molecule has 0 aliphatic carbocycles. The van der Waals surface area contributed by atoms with Crippen LogP contribution in [0.1, 0.15) is 25.3 Å². The quantitative estimate of drug-likeness (QED) is 0.910. The number of piperidine rings is 1. The summed E-state index contributed by atoms with van der Waals surface area (Å²) in [6, 6.07) is 4.44. The number of aryl methyl sites for hydroxylation is 1. The molecular weight excluding hydrogens is 243 g/mol. The first-order valence-electron chi connectivity index (χ1n) is 6.83. The van der Waals surface area contributed by atoms with Crippen LogP contribution in [0.15, 0.2) is 18.2 Å². The van der Waals surface area contributed by atoms with Crippen molar-refractivity contribution in [1.82, 2.24) is 4.90 Å². The fourth-order valence-corrected chi connectivity index (χ4v) is 2.55. The molecule has 1 aliphatic heterocycles. The molecule has 19 heavy (non-hydrogen) atoms. The summed E-state index contributed by atoms with van der Waals surface area (Å²) < 4.78 is 13.1. The molecule has 2 rings (SSSR count). The number of nitrogens with one attached hydrogen (secondary N) is 1. The summed E-state index contributed by atoms with van der Waals surface area (Å²) in [5, 5.41) is 2.79. The van der Waals surface area contributed by atoms with Crippen molar-refractivity contribution >= 4 is 11.6 Å². The van der Waals surface area contributed by atoms with Crippen molar-refractivity contribution in [3.63, 3.8) is 0 Å². The maximum atomic E-state index is 13.1. The van der Waals surface area contributed by atoms with E-state index >= 15 is 0 Å². The van der Waals surface area contributed by atoms with Gasteiger partial charge in [0.2, 0.25) is 5.91 Å². The van der Waals surface area contributed by atoms with E-state index in [1.807, 2.05) is 6.92 Å². The molecule has 0 bridgehead atoms. The van der Waals surface area contributed by atoms with Gasteiger partial charge in [0.25, 0.3) is 0 Å². The van der Waals surface area contributed by atoms with Crippen molar-refractivity contribution in [3.05, 3.63) is 29.6 Å². The zero-order valence-corrected chi connectivity index (χ0v) is 11.6. The van der Waals surface area contributed by atoms with E-state index in [0.29, 0.717) is 18.2 Å². The number of anilines is 1. The van der Waals surface area contributed by atoms with Crippen LogP contribution in [-0.2, 0) is 4.79 Å². The number of hydrogen-bond acceptors (Lipinski definition) is 2. The molecule has 1 aromatic carbocycles. The molecule has 0 aromatic heterocycles. The van der Waals surface area contributed by atoms with Gasteiger partial charge in [-0.1, -0.05) is 13.0 Å². The highest BCUT2D eigenvalue weighted by molar-refractivity contribution is 5.92. The molecule has 1 atom stereocenters. The van der Waals surface area contributed by atoms with E-state index in [2.05, 4.69) is 17.1 Å². The summed E-state index contributed by atoms with van der Waals surface area (Å²) in [6.45, 7) is 6.40. The van der Waals surface area contributed by atoms with Crippen LogP contribution in [0.5, 0.6) is 0 Å². The highest BCUT2D eigenvalue weighted by atomic mass is 19.1. The number of carbonyl (C=O) groups is 1. The Morgan fingerprint density at radius 2 is 2.32 bits per heavy atom. The molecule has 0 unspecified atom stereocenters. The summed E-state index contributed by atoms with van der Waals surface area (Å²) in [5.74, 6) is 0.257. The summed E-state index contributed by atoms with van der Waals surface area (Å²) >= 11 is 0. The van der Waals surface area contributed by atoms with Crippen LogP contribution in [0.2, 0.25) is 0 Å². The number of halogens is 1. The molecule has 3 nitrogen and oxygen atoms in total. The molecule has 1 N–H and O–H groups in total. The second kappa shape index (κ2) is 6.15. The number of rotatable bonds is 3. The van der Waals surface area contributed by atoms with Gasteiger partial charge in [-0.25, -0.2) is 4.39 Å². The number of nitrogens with zero attached hydrogens (tertiary/aromatic N) is 1. The standard InChI is InChI=1S/C15H21FN2O/c1-11-4-3-7-18(9-11)10-15(19)17-14-8-13(16)6-5-12(14)2/h5-6,8,11H,3-4,7,9-10H2,1-2H3,(H,17,19)/t11-/m1/s1. The van der Waals surface area contributed by atoms with Gasteiger partial charge in [-0.15, -0.1) is 0 Å². The van der Waals surface area contributed by atoms with Crippen LogP contribution in [0.25, 0.3) is 0 Å². The zero-order chi connectivity index (χ0) is 13.8. The molecule has 1 heterocycles. The third-order valence-electron chi connectivity index (χ3n) is 3.58. The SMILES string of the molecule is Cc1ccc(F)cc1NC(=O)CN1CCC[C@@H](C)C1. The molecule has 1 saturated heterocycles. The summed E-state index contributed by atoms with van der Waals surface area (Å²) in [7, 11) is 0. The van der Waals surface area contributed by atoms with Crippen molar-refractivity contribution in [1.29, 1.82) is 0 Å². The Bertz CT molecular complexity index is 461. The Kier molecular flexibility index (Phi) is 4.53. The number of likely N-dealkylation sites (tertiary alicyclic amines) is 1. The third-order valence-corrected chi connectivity index (χ3v) is 3.58. The number of amides is 1. The molecule has 1 aliphatic rings. The van der Waals surface area contributed by atoms with Crippen LogP contribution in [0.3, 0.4) is 0 Å². The second-order valence-electron chi connectivity index (χ2n) is 5.49. The van der Waals surface area contributed by atoms with Crippen molar-refractivity contribution in [2.45, 2.75) is 26.7 Å².